The maximum absolute atomic E-state index is 13.1. The summed E-state index contributed by atoms with van der Waals surface area (Å²) < 4.78 is 19.0. The van der Waals surface area contributed by atoms with Crippen molar-refractivity contribution in [3.63, 3.8) is 0 Å². The molecule has 180 valence electrons. The van der Waals surface area contributed by atoms with Gasteiger partial charge in [0.15, 0.2) is 5.78 Å². The average molecular weight is 473 g/mol. The number of Topliss-reactive ketones (excluding diaryl/α,β-unsaturated/α-hetero) is 1. The number of hydrogen-bond donors (Lipinski definition) is 0. The maximum atomic E-state index is 13.1. The van der Waals surface area contributed by atoms with E-state index in [-0.39, 0.29) is 30.3 Å². The monoisotopic (exact) mass is 472 g/mol. The van der Waals surface area contributed by atoms with Crippen LogP contribution >= 0.6 is 0 Å². The Labute approximate surface area is 205 Å². The van der Waals surface area contributed by atoms with Gasteiger partial charge in [0, 0.05) is 50.1 Å². The summed E-state index contributed by atoms with van der Waals surface area (Å²) in [4.78, 5) is 29.5. The molecule has 2 heterocycles. The molecule has 0 aliphatic carbocycles. The average Bonchev–Trinajstić information content (AvgIpc) is 3.09. The van der Waals surface area contributed by atoms with Crippen molar-refractivity contribution in [2.24, 2.45) is 0 Å². The quantitative estimate of drug-likeness (QED) is 0.485. The highest BCUT2D eigenvalue weighted by Gasteiger charge is 2.22. The van der Waals surface area contributed by atoms with Gasteiger partial charge in [-0.15, -0.1) is 0 Å². The summed E-state index contributed by atoms with van der Waals surface area (Å²) in [5.41, 5.74) is 5.45. The summed E-state index contributed by atoms with van der Waals surface area (Å²) in [5, 5.41) is 0. The third-order valence-corrected chi connectivity index (χ3v) is 6.81. The van der Waals surface area contributed by atoms with Gasteiger partial charge >= 0.3 is 0 Å². The first-order valence-electron chi connectivity index (χ1n) is 12.2. The fourth-order valence-corrected chi connectivity index (χ4v) is 4.86. The van der Waals surface area contributed by atoms with Crippen molar-refractivity contribution < 1.29 is 18.7 Å². The molecule has 0 radical (unpaired) electrons. The molecule has 5 nitrogen and oxygen atoms in total. The largest absolute Gasteiger partial charge is 0.491 e. The molecule has 3 aromatic rings. The maximum Gasteiger partial charge on any atom is 0.223 e. The lowest BCUT2D eigenvalue weighted by Gasteiger charge is -2.29. The van der Waals surface area contributed by atoms with Crippen LogP contribution in [0.2, 0.25) is 0 Å². The first-order chi connectivity index (χ1) is 17.0. The van der Waals surface area contributed by atoms with E-state index in [2.05, 4.69) is 41.3 Å². The number of amides is 1. The normalized spacial score (nSPS) is 15.5. The fourth-order valence-electron chi connectivity index (χ4n) is 4.86. The molecule has 0 N–H and O–H groups in total. The summed E-state index contributed by atoms with van der Waals surface area (Å²) in [5.74, 6) is 0.200. The Bertz CT molecular complexity index is 1220. The summed E-state index contributed by atoms with van der Waals surface area (Å²) >= 11 is 0. The predicted octanol–water partition coefficient (Wildman–Crippen LogP) is 4.77. The lowest BCUT2D eigenvalue weighted by molar-refractivity contribution is -0.131. The van der Waals surface area contributed by atoms with Crippen LogP contribution in [-0.4, -0.2) is 41.2 Å². The molecule has 0 bridgehead atoms. The van der Waals surface area contributed by atoms with E-state index in [9.17, 15) is 14.0 Å². The minimum absolute atomic E-state index is 0.0741. The molecule has 0 unspecified atom stereocenters. The molecule has 0 atom stereocenters. The molecule has 1 amide bonds. The zero-order chi connectivity index (χ0) is 24.2. The van der Waals surface area contributed by atoms with Gasteiger partial charge in [-0.2, -0.15) is 0 Å². The zero-order valence-corrected chi connectivity index (χ0v) is 19.7. The molecule has 0 aromatic heterocycles. The minimum atomic E-state index is -0.384. The van der Waals surface area contributed by atoms with Crippen molar-refractivity contribution in [3.8, 4) is 5.75 Å². The van der Waals surface area contributed by atoms with Crippen LogP contribution in [0.4, 0.5) is 4.39 Å². The van der Waals surface area contributed by atoms with Gasteiger partial charge in [0.25, 0.3) is 0 Å². The third-order valence-electron chi connectivity index (χ3n) is 6.81. The van der Waals surface area contributed by atoms with E-state index in [0.717, 1.165) is 37.4 Å². The molecule has 0 saturated carbocycles. The number of halogens is 1. The number of nitrogens with zero attached hydrogens (tertiary/aromatic N) is 2. The molecule has 35 heavy (non-hydrogen) atoms. The van der Waals surface area contributed by atoms with E-state index in [4.69, 9.17) is 4.74 Å². The van der Waals surface area contributed by atoms with Gasteiger partial charge in [0.2, 0.25) is 5.91 Å². The Balaban J connectivity index is 1.21. The molecule has 5 rings (SSSR count). The number of ether oxygens (including phenoxy) is 1. The van der Waals surface area contributed by atoms with Crippen LogP contribution in [0.3, 0.4) is 0 Å². The Morgan fingerprint density at radius 3 is 2.49 bits per heavy atom. The second-order valence-corrected chi connectivity index (χ2v) is 9.27. The van der Waals surface area contributed by atoms with E-state index in [0.29, 0.717) is 25.3 Å². The van der Waals surface area contributed by atoms with E-state index in [1.54, 1.807) is 4.90 Å². The summed E-state index contributed by atoms with van der Waals surface area (Å²) in [6.07, 6.45) is 1.28. The summed E-state index contributed by atoms with van der Waals surface area (Å²) in [6, 6.07) is 20.3. The van der Waals surface area contributed by atoms with E-state index in [1.807, 2.05) is 6.07 Å². The summed E-state index contributed by atoms with van der Waals surface area (Å²) in [7, 11) is 0. The second-order valence-electron chi connectivity index (χ2n) is 9.27. The number of carbonyl (C=O) groups excluding carboxylic acids is 2. The summed E-state index contributed by atoms with van der Waals surface area (Å²) in [6.45, 7) is 4.19. The minimum Gasteiger partial charge on any atom is -0.491 e. The smallest absolute Gasteiger partial charge is 0.223 e. The number of hydrogen-bond acceptors (Lipinski definition) is 4. The number of carbonyl (C=O) groups is 2. The molecule has 3 aromatic carbocycles. The van der Waals surface area contributed by atoms with Gasteiger partial charge in [0.1, 0.15) is 18.2 Å². The van der Waals surface area contributed by atoms with Crippen LogP contribution in [0.25, 0.3) is 0 Å². The highest BCUT2D eigenvalue weighted by Crippen LogP contribution is 2.27. The molecule has 0 fully saturated rings. The molecule has 0 saturated heterocycles. The van der Waals surface area contributed by atoms with Crippen molar-refractivity contribution in [1.82, 2.24) is 9.80 Å². The second kappa shape index (κ2) is 10.4. The lowest BCUT2D eigenvalue weighted by Crippen LogP contribution is -2.32. The predicted molar refractivity (Wildman–Crippen MR) is 132 cm³/mol. The van der Waals surface area contributed by atoms with Crippen molar-refractivity contribution >= 4 is 11.7 Å². The van der Waals surface area contributed by atoms with Gasteiger partial charge in [-0.3, -0.25) is 14.5 Å². The SMILES string of the molecule is O=C(CCC(=O)N1CCOc2ccc(CN3CCc4ccccc4C3)cc2C1)c1ccc(F)cc1. The van der Waals surface area contributed by atoms with Gasteiger partial charge in [-0.1, -0.05) is 30.3 Å². The van der Waals surface area contributed by atoms with Gasteiger partial charge < -0.3 is 9.64 Å². The van der Waals surface area contributed by atoms with Gasteiger partial charge in [-0.25, -0.2) is 4.39 Å². The number of fused-ring (bicyclic) bond motifs is 2. The fraction of sp³-hybridized carbons (Fsp3) is 0.310. The Hall–Kier alpha value is -3.51. The number of rotatable bonds is 6. The van der Waals surface area contributed by atoms with E-state index >= 15 is 0 Å². The number of benzene rings is 3. The van der Waals surface area contributed by atoms with E-state index < -0.39 is 0 Å². The van der Waals surface area contributed by atoms with E-state index in [1.165, 1.54) is 41.0 Å². The molecular formula is C29H29FN2O3. The van der Waals surface area contributed by atoms with Crippen molar-refractivity contribution in [2.45, 2.75) is 38.9 Å². The standard InChI is InChI=1S/C29H29FN2O3/c30-26-8-6-23(7-9-26)27(33)10-12-29(34)32-15-16-35-28-11-5-21(17-25(28)20-32)18-31-14-13-22-3-1-2-4-24(22)19-31/h1-9,11,17H,10,12-16,18-20H2. The van der Waals surface area contributed by atoms with Gasteiger partial charge in [0.05, 0.1) is 6.54 Å². The molecule has 2 aliphatic heterocycles. The van der Waals surface area contributed by atoms with Crippen LogP contribution < -0.4 is 4.74 Å². The molecule has 0 spiro atoms. The van der Waals surface area contributed by atoms with Crippen LogP contribution in [0.5, 0.6) is 5.75 Å². The first kappa shape index (κ1) is 23.2. The highest BCUT2D eigenvalue weighted by molar-refractivity contribution is 5.97. The molecule has 6 heteroatoms. The van der Waals surface area contributed by atoms with Crippen molar-refractivity contribution in [2.75, 3.05) is 19.7 Å². The van der Waals surface area contributed by atoms with Crippen molar-refractivity contribution in [3.05, 3.63) is 100 Å². The lowest BCUT2D eigenvalue weighted by atomic mass is 9.99. The molecule has 2 aliphatic rings. The van der Waals surface area contributed by atoms with Crippen LogP contribution in [0, 0.1) is 5.82 Å². The van der Waals surface area contributed by atoms with Crippen LogP contribution in [0.15, 0.2) is 66.7 Å². The number of ketones is 1. The third kappa shape index (κ3) is 5.60. The Kier molecular flexibility index (Phi) is 6.91. The van der Waals surface area contributed by atoms with Crippen LogP contribution in [0.1, 0.15) is 45.5 Å². The Morgan fingerprint density at radius 1 is 0.857 bits per heavy atom. The zero-order valence-electron chi connectivity index (χ0n) is 19.7. The topological polar surface area (TPSA) is 49.9 Å². The first-order valence-corrected chi connectivity index (χ1v) is 12.2. The molecular weight excluding hydrogens is 443 g/mol. The van der Waals surface area contributed by atoms with Crippen molar-refractivity contribution in [1.29, 1.82) is 0 Å². The highest BCUT2D eigenvalue weighted by atomic mass is 19.1. The van der Waals surface area contributed by atoms with Gasteiger partial charge in [-0.05, 0) is 59.5 Å². The Morgan fingerprint density at radius 2 is 1.66 bits per heavy atom. The van der Waals surface area contributed by atoms with Crippen LogP contribution in [-0.2, 0) is 30.8 Å².